The van der Waals surface area contributed by atoms with Gasteiger partial charge in [0, 0.05) is 36.6 Å². The first-order chi connectivity index (χ1) is 24.7. The van der Waals surface area contributed by atoms with Crippen molar-refractivity contribution in [3.8, 4) is 11.1 Å². The first-order valence-corrected chi connectivity index (χ1v) is 19.2. The number of amides is 2. The molecule has 1 atom stereocenters. The molecule has 0 bridgehead atoms. The minimum absolute atomic E-state index is 0.00482. The summed E-state index contributed by atoms with van der Waals surface area (Å²) in [5.74, 6) is 0.101. The zero-order valence-electron chi connectivity index (χ0n) is 29.6. The molecular formula is C37H44F3N5O6S. The van der Waals surface area contributed by atoms with Crippen LogP contribution in [0, 0.1) is 19.8 Å². The predicted molar refractivity (Wildman–Crippen MR) is 188 cm³/mol. The number of nitrogens with zero attached hydrogens (tertiary/aromatic N) is 4. The number of hydrogen-bond donors (Lipinski definition) is 1. The van der Waals surface area contributed by atoms with Crippen LogP contribution in [0.2, 0.25) is 0 Å². The Hall–Kier alpha value is -4.24. The maximum atomic E-state index is 14.3. The lowest BCUT2D eigenvalue weighted by Gasteiger charge is -2.38. The molecule has 15 heteroatoms. The van der Waals surface area contributed by atoms with Crippen LogP contribution in [0.25, 0.3) is 11.1 Å². The van der Waals surface area contributed by atoms with Gasteiger partial charge < -0.3 is 14.2 Å². The van der Waals surface area contributed by atoms with Crippen molar-refractivity contribution in [2.75, 3.05) is 24.4 Å². The number of ether oxygens (including phenoxy) is 1. The summed E-state index contributed by atoms with van der Waals surface area (Å²) in [5, 5.41) is 3.84. The second kappa shape index (κ2) is 15.0. The molecule has 3 heterocycles. The Labute approximate surface area is 301 Å². The molecular weight excluding hydrogens is 699 g/mol. The number of alkyl halides is 3. The zero-order chi connectivity index (χ0) is 37.3. The van der Waals surface area contributed by atoms with Crippen LogP contribution in [-0.2, 0) is 37.5 Å². The van der Waals surface area contributed by atoms with Crippen molar-refractivity contribution in [3.05, 3.63) is 64.9 Å². The van der Waals surface area contributed by atoms with Gasteiger partial charge in [-0.05, 0) is 69.2 Å². The number of likely N-dealkylation sites (tertiary alicyclic amines) is 1. The number of rotatable bonds is 12. The summed E-state index contributed by atoms with van der Waals surface area (Å²) in [5.41, 5.74) is 1.41. The summed E-state index contributed by atoms with van der Waals surface area (Å²) < 4.78 is 81.3. The molecule has 0 unspecified atom stereocenters. The number of piperidine rings is 1. The first kappa shape index (κ1) is 37.5. The Kier molecular flexibility index (Phi) is 10.8. The number of anilines is 1. The topological polar surface area (TPSA) is 134 Å². The molecule has 1 spiro atoms. The van der Waals surface area contributed by atoms with Crippen molar-refractivity contribution in [1.82, 2.24) is 15.0 Å². The molecule has 280 valence electrons. The number of carbonyl (C=O) groups excluding carboxylic acids is 2. The maximum absolute atomic E-state index is 14.3. The van der Waals surface area contributed by atoms with E-state index in [1.165, 1.54) is 11.0 Å². The van der Waals surface area contributed by atoms with Gasteiger partial charge in [-0.2, -0.15) is 13.2 Å². The van der Waals surface area contributed by atoms with Crippen molar-refractivity contribution in [1.29, 1.82) is 0 Å². The van der Waals surface area contributed by atoms with Crippen LogP contribution < -0.4 is 4.72 Å². The van der Waals surface area contributed by atoms with Crippen molar-refractivity contribution < 1.29 is 40.4 Å². The van der Waals surface area contributed by atoms with Gasteiger partial charge in [-0.1, -0.05) is 54.4 Å². The summed E-state index contributed by atoms with van der Waals surface area (Å²) in [7, 11) is -4.13. The molecule has 1 saturated heterocycles. The summed E-state index contributed by atoms with van der Waals surface area (Å²) in [6.45, 7) is 6.16. The lowest BCUT2D eigenvalue weighted by Crippen LogP contribution is -2.55. The Bertz CT molecular complexity index is 1960. The van der Waals surface area contributed by atoms with E-state index in [9.17, 15) is 31.2 Å². The molecule has 2 amide bonds. The fourth-order valence-corrected chi connectivity index (χ4v) is 8.67. The van der Waals surface area contributed by atoms with Gasteiger partial charge in [0.05, 0.1) is 31.0 Å². The van der Waals surface area contributed by atoms with E-state index in [0.717, 1.165) is 25.7 Å². The van der Waals surface area contributed by atoms with Crippen LogP contribution in [0.1, 0.15) is 80.7 Å². The summed E-state index contributed by atoms with van der Waals surface area (Å²) in [4.78, 5) is 35.4. The van der Waals surface area contributed by atoms with Crippen LogP contribution in [0.5, 0.6) is 0 Å². The Morgan fingerprint density at radius 3 is 2.54 bits per heavy atom. The highest BCUT2D eigenvalue weighted by Gasteiger charge is 2.52. The number of aromatic nitrogens is 1. The third-order valence-corrected chi connectivity index (χ3v) is 11.6. The van der Waals surface area contributed by atoms with Gasteiger partial charge in [-0.15, -0.1) is 0 Å². The Balaban J connectivity index is 1.31. The van der Waals surface area contributed by atoms with Gasteiger partial charge >= 0.3 is 6.18 Å². The molecule has 3 aliphatic rings. The molecule has 6 rings (SSSR count). The van der Waals surface area contributed by atoms with Crippen molar-refractivity contribution in [3.63, 3.8) is 0 Å². The highest BCUT2D eigenvalue weighted by atomic mass is 32.2. The van der Waals surface area contributed by atoms with Gasteiger partial charge in [0.2, 0.25) is 5.91 Å². The number of hydrogen-bond acceptors (Lipinski definition) is 8. The quantitative estimate of drug-likeness (QED) is 0.213. The summed E-state index contributed by atoms with van der Waals surface area (Å²) in [6.07, 6.45) is -1.64. The van der Waals surface area contributed by atoms with E-state index in [0.29, 0.717) is 59.6 Å². The fourth-order valence-electron chi connectivity index (χ4n) is 7.39. The lowest BCUT2D eigenvalue weighted by atomic mass is 9.88. The fraction of sp³-hybridized carbons (Fsp3) is 0.514. The number of sulfonamides is 1. The normalized spacial score (nSPS) is 19.9. The smallest absolute Gasteiger partial charge is 0.377 e. The van der Waals surface area contributed by atoms with Crippen molar-refractivity contribution >= 4 is 33.5 Å². The second-order valence-electron chi connectivity index (χ2n) is 13.9. The Morgan fingerprint density at radius 1 is 1.10 bits per heavy atom. The van der Waals surface area contributed by atoms with E-state index in [1.807, 2.05) is 6.92 Å². The second-order valence-corrected chi connectivity index (χ2v) is 15.5. The summed E-state index contributed by atoms with van der Waals surface area (Å²) >= 11 is 0. The zero-order valence-corrected chi connectivity index (χ0v) is 30.4. The largest absolute Gasteiger partial charge is 0.389 e. The highest BCUT2D eigenvalue weighted by Crippen LogP contribution is 2.38. The molecule has 1 aliphatic carbocycles. The van der Waals surface area contributed by atoms with E-state index in [4.69, 9.17) is 14.3 Å². The van der Waals surface area contributed by atoms with E-state index in [-0.39, 0.29) is 48.1 Å². The minimum Gasteiger partial charge on any atom is -0.377 e. The highest BCUT2D eigenvalue weighted by molar-refractivity contribution is 7.92. The average molecular weight is 744 g/mol. The number of amidine groups is 1. The molecule has 2 fully saturated rings. The first-order valence-electron chi connectivity index (χ1n) is 17.7. The standard InChI is InChI=1S/C37H44F3N5O6S/c1-4-50-22-28-20-26(14-15-29(28)30-12-7-8-13-31(30)52(48,49)43-33-24(2)25(3)51-42-33)21-45-32(16-18-37(38,39)40)41-36(35(45)47)17-9-19-44(23-36)34(46)27-10-5-6-11-27/h7-8,12-15,20,27H,4-6,9-11,16-19,21-23H2,1-3H3,(H,42,43)/t36-/m0/s1. The molecule has 0 radical (unpaired) electrons. The number of halogens is 3. The summed E-state index contributed by atoms with van der Waals surface area (Å²) in [6, 6.07) is 11.7. The van der Waals surface area contributed by atoms with Crippen molar-refractivity contribution in [2.45, 2.75) is 102 Å². The maximum Gasteiger partial charge on any atom is 0.389 e. The van der Waals surface area contributed by atoms with E-state index < -0.39 is 40.5 Å². The third kappa shape index (κ3) is 7.89. The number of benzene rings is 2. The van der Waals surface area contributed by atoms with E-state index >= 15 is 0 Å². The number of carbonyl (C=O) groups is 2. The third-order valence-electron chi connectivity index (χ3n) is 10.2. The van der Waals surface area contributed by atoms with E-state index in [1.54, 1.807) is 55.1 Å². The molecule has 3 aromatic rings. The van der Waals surface area contributed by atoms with Crippen LogP contribution in [0.15, 0.2) is 56.9 Å². The average Bonchev–Trinajstić information content (AvgIpc) is 3.83. The van der Waals surface area contributed by atoms with E-state index in [2.05, 4.69) is 9.88 Å². The molecule has 1 N–H and O–H groups in total. The number of aliphatic imine (C=N–C) groups is 1. The number of aryl methyl sites for hydroxylation is 1. The molecule has 1 saturated carbocycles. The molecule has 1 aromatic heterocycles. The SMILES string of the molecule is CCOCc1cc(CN2C(=O)[C@@]3(CCCN(C(=O)C4CCCC4)C3)N=C2CCC(F)(F)F)ccc1-c1ccccc1S(=O)(=O)Nc1noc(C)c1C. The van der Waals surface area contributed by atoms with Gasteiger partial charge in [-0.25, -0.2) is 8.42 Å². The van der Waals surface area contributed by atoms with Gasteiger partial charge in [0.1, 0.15) is 11.6 Å². The number of nitrogens with one attached hydrogen (secondary N) is 1. The van der Waals surface area contributed by atoms with Crippen LogP contribution >= 0.6 is 0 Å². The van der Waals surface area contributed by atoms with Gasteiger partial charge in [-0.3, -0.25) is 24.2 Å². The van der Waals surface area contributed by atoms with Crippen LogP contribution in [0.3, 0.4) is 0 Å². The Morgan fingerprint density at radius 2 is 1.85 bits per heavy atom. The van der Waals surface area contributed by atoms with Crippen molar-refractivity contribution in [2.24, 2.45) is 10.9 Å². The lowest BCUT2D eigenvalue weighted by molar-refractivity contribution is -0.141. The monoisotopic (exact) mass is 743 g/mol. The molecule has 52 heavy (non-hydrogen) atoms. The molecule has 2 aliphatic heterocycles. The van der Waals surface area contributed by atoms with Gasteiger partial charge in [0.25, 0.3) is 15.9 Å². The minimum atomic E-state index is -4.45. The van der Waals surface area contributed by atoms with Gasteiger partial charge in [0.15, 0.2) is 11.4 Å². The predicted octanol–water partition coefficient (Wildman–Crippen LogP) is 6.93. The molecule has 2 aromatic carbocycles. The van der Waals surface area contributed by atoms with Crippen LogP contribution in [-0.4, -0.2) is 72.4 Å². The molecule has 11 nitrogen and oxygen atoms in total. The van der Waals surface area contributed by atoms with Crippen LogP contribution in [0.4, 0.5) is 19.0 Å².